The number of fused-ring (bicyclic) bond motifs is 1. The lowest BCUT2D eigenvalue weighted by atomic mass is 9.85. The number of aromatic amines is 1. The molecule has 2 N–H and O–H groups in total. The monoisotopic (exact) mass is 419 g/mol. The predicted molar refractivity (Wildman–Crippen MR) is 121 cm³/mol. The Bertz CT molecular complexity index is 1120. The maximum atomic E-state index is 6.09. The summed E-state index contributed by atoms with van der Waals surface area (Å²) >= 11 is 1.69. The number of pyridine rings is 1. The Morgan fingerprint density at radius 3 is 2.77 bits per heavy atom. The van der Waals surface area contributed by atoms with Crippen molar-refractivity contribution < 1.29 is 4.74 Å². The molecule has 1 aliphatic rings. The van der Waals surface area contributed by atoms with Gasteiger partial charge in [-0.05, 0) is 49.9 Å². The number of anilines is 1. The second-order valence-electron chi connectivity index (χ2n) is 7.93. The molecule has 5 rings (SSSR count). The van der Waals surface area contributed by atoms with E-state index in [1.165, 1.54) is 32.1 Å². The van der Waals surface area contributed by atoms with Gasteiger partial charge in [0.2, 0.25) is 0 Å². The van der Waals surface area contributed by atoms with Crippen molar-refractivity contribution in [2.75, 3.05) is 5.32 Å². The van der Waals surface area contributed by atoms with Crippen LogP contribution in [0.4, 0.5) is 5.13 Å². The SMILES string of the molecule is CC(Nc1nc2ccc(Oc3ccnc(-c4ccn[nH]4)c3)cc2s1)C1CCCCC1. The number of hydrogen-bond donors (Lipinski definition) is 2. The maximum Gasteiger partial charge on any atom is 0.184 e. The number of hydrogen-bond acceptors (Lipinski definition) is 6. The quantitative estimate of drug-likeness (QED) is 0.386. The lowest BCUT2D eigenvalue weighted by Gasteiger charge is -2.28. The zero-order valence-corrected chi connectivity index (χ0v) is 17.8. The average Bonchev–Trinajstić information content (AvgIpc) is 3.44. The summed E-state index contributed by atoms with van der Waals surface area (Å²) in [5, 5.41) is 11.5. The van der Waals surface area contributed by atoms with Gasteiger partial charge < -0.3 is 10.1 Å². The van der Waals surface area contributed by atoms with Crippen LogP contribution in [0.5, 0.6) is 11.5 Å². The molecule has 1 atom stereocenters. The van der Waals surface area contributed by atoms with Crippen molar-refractivity contribution in [3.8, 4) is 22.9 Å². The molecule has 3 aromatic heterocycles. The molecule has 4 aromatic rings. The Balaban J connectivity index is 1.31. The second-order valence-corrected chi connectivity index (χ2v) is 8.96. The van der Waals surface area contributed by atoms with Crippen molar-refractivity contribution in [1.29, 1.82) is 0 Å². The van der Waals surface area contributed by atoms with Gasteiger partial charge in [0.15, 0.2) is 5.13 Å². The van der Waals surface area contributed by atoms with Crippen LogP contribution < -0.4 is 10.1 Å². The van der Waals surface area contributed by atoms with Crippen molar-refractivity contribution in [2.24, 2.45) is 5.92 Å². The predicted octanol–water partition coefficient (Wildman–Crippen LogP) is 6.25. The third-order valence-corrected chi connectivity index (χ3v) is 6.76. The van der Waals surface area contributed by atoms with Crippen LogP contribution in [0.2, 0.25) is 0 Å². The number of ether oxygens (including phenoxy) is 1. The Morgan fingerprint density at radius 1 is 1.07 bits per heavy atom. The van der Waals surface area contributed by atoms with Gasteiger partial charge >= 0.3 is 0 Å². The molecule has 0 saturated heterocycles. The first-order valence-electron chi connectivity index (χ1n) is 10.6. The van der Waals surface area contributed by atoms with E-state index in [2.05, 4.69) is 33.5 Å². The largest absolute Gasteiger partial charge is 0.457 e. The first-order valence-corrected chi connectivity index (χ1v) is 11.4. The van der Waals surface area contributed by atoms with E-state index in [4.69, 9.17) is 9.72 Å². The van der Waals surface area contributed by atoms with Gasteiger partial charge in [0.1, 0.15) is 11.5 Å². The molecular formula is C23H25N5OS. The van der Waals surface area contributed by atoms with E-state index in [1.54, 1.807) is 23.7 Å². The zero-order valence-electron chi connectivity index (χ0n) is 17.0. The Morgan fingerprint density at radius 2 is 1.93 bits per heavy atom. The van der Waals surface area contributed by atoms with E-state index in [9.17, 15) is 0 Å². The zero-order chi connectivity index (χ0) is 20.3. The summed E-state index contributed by atoms with van der Waals surface area (Å²) in [7, 11) is 0. The molecule has 30 heavy (non-hydrogen) atoms. The van der Waals surface area contributed by atoms with Crippen LogP contribution in [-0.2, 0) is 0 Å². The van der Waals surface area contributed by atoms with Crippen LogP contribution in [0, 0.1) is 5.92 Å². The van der Waals surface area contributed by atoms with Crippen molar-refractivity contribution in [3.63, 3.8) is 0 Å². The van der Waals surface area contributed by atoms with Crippen LogP contribution in [-0.4, -0.2) is 26.2 Å². The summed E-state index contributed by atoms with van der Waals surface area (Å²) in [6.07, 6.45) is 10.2. The van der Waals surface area contributed by atoms with Gasteiger partial charge in [0, 0.05) is 30.6 Å². The van der Waals surface area contributed by atoms with Crippen LogP contribution in [0.3, 0.4) is 0 Å². The molecule has 0 amide bonds. The van der Waals surface area contributed by atoms with Crippen molar-refractivity contribution >= 4 is 26.7 Å². The standard InChI is InChI=1S/C23H25N5OS/c1-15(16-5-3-2-4-6-16)26-23-27-20-8-7-17(14-22(20)30-23)29-18-9-11-24-21(13-18)19-10-12-25-28-19/h7-16H,2-6H2,1H3,(H,25,28)(H,26,27). The number of rotatable bonds is 6. The molecule has 1 unspecified atom stereocenters. The minimum atomic E-state index is 0.458. The molecule has 1 aliphatic carbocycles. The highest BCUT2D eigenvalue weighted by Gasteiger charge is 2.20. The van der Waals surface area contributed by atoms with E-state index in [-0.39, 0.29) is 0 Å². The minimum absolute atomic E-state index is 0.458. The number of nitrogens with one attached hydrogen (secondary N) is 2. The van der Waals surface area contributed by atoms with Crippen molar-refractivity contribution in [1.82, 2.24) is 20.2 Å². The lowest BCUT2D eigenvalue weighted by Crippen LogP contribution is -2.27. The molecule has 0 radical (unpaired) electrons. The summed E-state index contributed by atoms with van der Waals surface area (Å²) in [6.45, 7) is 2.29. The Kier molecular flexibility index (Phi) is 5.36. The molecule has 1 saturated carbocycles. The first-order chi connectivity index (χ1) is 14.7. The molecule has 3 heterocycles. The summed E-state index contributed by atoms with van der Waals surface area (Å²) in [4.78, 5) is 9.15. The van der Waals surface area contributed by atoms with Crippen molar-refractivity contribution in [3.05, 3.63) is 48.8 Å². The van der Waals surface area contributed by atoms with Gasteiger partial charge in [0.25, 0.3) is 0 Å². The smallest absolute Gasteiger partial charge is 0.184 e. The van der Waals surface area contributed by atoms with Crippen LogP contribution >= 0.6 is 11.3 Å². The fraction of sp³-hybridized carbons (Fsp3) is 0.348. The van der Waals surface area contributed by atoms with Gasteiger partial charge in [0.05, 0.1) is 21.6 Å². The fourth-order valence-electron chi connectivity index (χ4n) is 4.13. The van der Waals surface area contributed by atoms with E-state index in [1.807, 2.05) is 30.3 Å². The number of nitrogens with zero attached hydrogens (tertiary/aromatic N) is 3. The highest BCUT2D eigenvalue weighted by Crippen LogP contribution is 2.34. The molecule has 7 heteroatoms. The molecule has 0 bridgehead atoms. The summed E-state index contributed by atoms with van der Waals surface area (Å²) in [5.41, 5.74) is 2.66. The topological polar surface area (TPSA) is 75.7 Å². The number of benzene rings is 1. The van der Waals surface area contributed by atoms with Crippen LogP contribution in [0.25, 0.3) is 21.6 Å². The molecule has 0 spiro atoms. The Labute approximate surface area is 179 Å². The number of aromatic nitrogens is 4. The van der Waals surface area contributed by atoms with E-state index < -0.39 is 0 Å². The third-order valence-electron chi connectivity index (χ3n) is 5.81. The summed E-state index contributed by atoms with van der Waals surface area (Å²) in [6, 6.07) is 12.2. The number of thiazole rings is 1. The normalized spacial score (nSPS) is 15.9. The second kappa shape index (κ2) is 8.44. The van der Waals surface area contributed by atoms with E-state index in [0.29, 0.717) is 6.04 Å². The van der Waals surface area contributed by atoms with Gasteiger partial charge in [-0.3, -0.25) is 10.1 Å². The van der Waals surface area contributed by atoms with Gasteiger partial charge in [-0.2, -0.15) is 5.10 Å². The highest BCUT2D eigenvalue weighted by atomic mass is 32.1. The molecule has 154 valence electrons. The van der Waals surface area contributed by atoms with Gasteiger partial charge in [-0.25, -0.2) is 4.98 Å². The average molecular weight is 420 g/mol. The Hall–Kier alpha value is -2.93. The molecular weight excluding hydrogens is 394 g/mol. The van der Waals surface area contributed by atoms with Crippen LogP contribution in [0.1, 0.15) is 39.0 Å². The lowest BCUT2D eigenvalue weighted by molar-refractivity contribution is 0.328. The van der Waals surface area contributed by atoms with Gasteiger partial charge in [-0.15, -0.1) is 0 Å². The first kappa shape index (κ1) is 19.1. The fourth-order valence-corrected chi connectivity index (χ4v) is 5.12. The molecule has 1 fully saturated rings. The summed E-state index contributed by atoms with van der Waals surface area (Å²) < 4.78 is 7.21. The molecule has 1 aromatic carbocycles. The number of H-pyrrole nitrogens is 1. The van der Waals surface area contributed by atoms with Gasteiger partial charge in [-0.1, -0.05) is 30.6 Å². The molecule has 6 nitrogen and oxygen atoms in total. The third kappa shape index (κ3) is 4.16. The summed E-state index contributed by atoms with van der Waals surface area (Å²) in [5.74, 6) is 2.28. The molecule has 0 aliphatic heterocycles. The minimum Gasteiger partial charge on any atom is -0.457 e. The maximum absolute atomic E-state index is 6.09. The van der Waals surface area contributed by atoms with Crippen molar-refractivity contribution in [2.45, 2.75) is 45.1 Å². The highest BCUT2D eigenvalue weighted by molar-refractivity contribution is 7.22. The van der Waals surface area contributed by atoms with E-state index in [0.717, 1.165) is 44.2 Å². The van der Waals surface area contributed by atoms with Crippen LogP contribution in [0.15, 0.2) is 48.8 Å². The van der Waals surface area contributed by atoms with E-state index >= 15 is 0 Å².